The Labute approximate surface area is 114 Å². The van der Waals surface area contributed by atoms with E-state index in [4.69, 9.17) is 6.57 Å². The van der Waals surface area contributed by atoms with E-state index < -0.39 is 0 Å². The smallest absolute Gasteiger partial charge is 0.195 e. The summed E-state index contributed by atoms with van der Waals surface area (Å²) in [4.78, 5) is 8.08. The van der Waals surface area contributed by atoms with Crippen molar-refractivity contribution in [3.05, 3.63) is 47.8 Å². The highest BCUT2D eigenvalue weighted by atomic mass is 15.3. The maximum atomic E-state index is 7.26. The van der Waals surface area contributed by atoms with Crippen LogP contribution in [0.2, 0.25) is 0 Å². The van der Waals surface area contributed by atoms with Crippen LogP contribution in [-0.2, 0) is 0 Å². The van der Waals surface area contributed by atoms with Gasteiger partial charge in [0, 0.05) is 12.2 Å². The van der Waals surface area contributed by atoms with Crippen molar-refractivity contribution in [3.63, 3.8) is 0 Å². The molecule has 0 radical (unpaired) electrons. The Bertz CT molecular complexity index is 611. The average Bonchev–Trinajstić information content (AvgIpc) is 2.43. The molecule has 0 saturated heterocycles. The SMILES string of the molecule is [C-]#[N+]c1ccc(N(CC)CN(C)C)c2ccccc12. The molecule has 19 heavy (non-hydrogen) atoms. The highest BCUT2D eigenvalue weighted by Crippen LogP contribution is 2.33. The third-order valence-electron chi connectivity index (χ3n) is 3.17. The Kier molecular flexibility index (Phi) is 4.03. The molecule has 0 unspecified atom stereocenters. The third kappa shape index (κ3) is 2.69. The molecule has 0 bridgehead atoms. The van der Waals surface area contributed by atoms with Gasteiger partial charge < -0.3 is 4.90 Å². The summed E-state index contributed by atoms with van der Waals surface area (Å²) < 4.78 is 0. The first-order chi connectivity index (χ1) is 9.17. The fraction of sp³-hybridized carbons (Fsp3) is 0.312. The lowest BCUT2D eigenvalue weighted by molar-refractivity contribution is 0.405. The third-order valence-corrected chi connectivity index (χ3v) is 3.17. The number of hydrogen-bond donors (Lipinski definition) is 0. The van der Waals surface area contributed by atoms with E-state index in [0.29, 0.717) is 0 Å². The first-order valence-electron chi connectivity index (χ1n) is 6.46. The maximum Gasteiger partial charge on any atom is 0.195 e. The van der Waals surface area contributed by atoms with Crippen molar-refractivity contribution >= 4 is 22.1 Å². The fourth-order valence-corrected chi connectivity index (χ4v) is 2.33. The van der Waals surface area contributed by atoms with E-state index >= 15 is 0 Å². The van der Waals surface area contributed by atoms with Crippen LogP contribution in [0, 0.1) is 6.57 Å². The molecular formula is C16H19N3. The molecule has 0 heterocycles. The number of fused-ring (bicyclic) bond motifs is 1. The van der Waals surface area contributed by atoms with Crippen LogP contribution in [-0.4, -0.2) is 32.2 Å². The molecule has 98 valence electrons. The number of rotatable bonds is 4. The van der Waals surface area contributed by atoms with Crippen molar-refractivity contribution in [1.29, 1.82) is 0 Å². The van der Waals surface area contributed by atoms with Crippen molar-refractivity contribution in [3.8, 4) is 0 Å². The zero-order valence-electron chi connectivity index (χ0n) is 11.7. The maximum absolute atomic E-state index is 7.26. The van der Waals surface area contributed by atoms with Gasteiger partial charge >= 0.3 is 0 Å². The molecular weight excluding hydrogens is 234 g/mol. The molecule has 3 nitrogen and oxygen atoms in total. The molecule has 0 spiro atoms. The van der Waals surface area contributed by atoms with Gasteiger partial charge in [-0.05, 0) is 37.9 Å². The number of benzene rings is 2. The van der Waals surface area contributed by atoms with Crippen LogP contribution < -0.4 is 4.90 Å². The lowest BCUT2D eigenvalue weighted by Gasteiger charge is -2.28. The van der Waals surface area contributed by atoms with E-state index in [9.17, 15) is 0 Å². The van der Waals surface area contributed by atoms with Crippen molar-refractivity contribution < 1.29 is 0 Å². The molecule has 0 fully saturated rings. The number of anilines is 1. The van der Waals surface area contributed by atoms with Gasteiger partial charge in [0.1, 0.15) is 0 Å². The van der Waals surface area contributed by atoms with Gasteiger partial charge in [-0.25, -0.2) is 4.85 Å². The normalized spacial score (nSPS) is 10.7. The van der Waals surface area contributed by atoms with Gasteiger partial charge in [-0.2, -0.15) is 0 Å². The van der Waals surface area contributed by atoms with E-state index in [2.05, 4.69) is 47.8 Å². The predicted octanol–water partition coefficient (Wildman–Crippen LogP) is 3.74. The molecule has 2 aromatic carbocycles. The van der Waals surface area contributed by atoms with Crippen LogP contribution in [0.15, 0.2) is 36.4 Å². The molecule has 0 amide bonds. The van der Waals surface area contributed by atoms with Crippen LogP contribution in [0.4, 0.5) is 11.4 Å². The molecule has 3 heteroatoms. The molecule has 0 aliphatic carbocycles. The summed E-state index contributed by atoms with van der Waals surface area (Å²) in [5.41, 5.74) is 1.92. The largest absolute Gasteiger partial charge is 0.358 e. The first kappa shape index (κ1) is 13.4. The Morgan fingerprint density at radius 2 is 1.74 bits per heavy atom. The molecule has 2 rings (SSSR count). The second-order valence-electron chi connectivity index (χ2n) is 4.84. The lowest BCUT2D eigenvalue weighted by Crippen LogP contribution is -2.33. The Morgan fingerprint density at radius 3 is 2.32 bits per heavy atom. The minimum atomic E-state index is 0.722. The lowest BCUT2D eigenvalue weighted by atomic mass is 10.1. The van der Waals surface area contributed by atoms with E-state index in [-0.39, 0.29) is 0 Å². The topological polar surface area (TPSA) is 10.8 Å². The van der Waals surface area contributed by atoms with Gasteiger partial charge in [0.25, 0.3) is 0 Å². The zero-order chi connectivity index (χ0) is 13.8. The minimum absolute atomic E-state index is 0.722. The van der Waals surface area contributed by atoms with Gasteiger partial charge in [0.15, 0.2) is 5.69 Å². The van der Waals surface area contributed by atoms with Crippen LogP contribution in [0.5, 0.6) is 0 Å². The van der Waals surface area contributed by atoms with E-state index in [1.165, 1.54) is 5.69 Å². The van der Waals surface area contributed by atoms with Crippen LogP contribution in [0.1, 0.15) is 6.92 Å². The van der Waals surface area contributed by atoms with Crippen molar-refractivity contribution in [1.82, 2.24) is 4.90 Å². The monoisotopic (exact) mass is 253 g/mol. The minimum Gasteiger partial charge on any atom is -0.358 e. The molecule has 2 aromatic rings. The summed E-state index contributed by atoms with van der Waals surface area (Å²) in [6.07, 6.45) is 0. The second-order valence-corrected chi connectivity index (χ2v) is 4.84. The van der Waals surface area contributed by atoms with Gasteiger partial charge in [-0.1, -0.05) is 30.3 Å². The quantitative estimate of drug-likeness (QED) is 0.607. The standard InChI is InChI=1S/C16H19N3/c1-5-19(12-18(3)4)16-11-10-15(17-2)13-8-6-7-9-14(13)16/h6-11H,5,12H2,1,3-4H3. The number of hydrogen-bond acceptors (Lipinski definition) is 2. The fourth-order valence-electron chi connectivity index (χ4n) is 2.33. The first-order valence-corrected chi connectivity index (χ1v) is 6.46. The second kappa shape index (κ2) is 5.73. The van der Waals surface area contributed by atoms with Gasteiger partial charge in [-0.3, -0.25) is 4.90 Å². The Balaban J connectivity index is 2.58. The molecule has 0 aliphatic heterocycles. The molecule has 0 saturated carbocycles. The van der Waals surface area contributed by atoms with E-state index in [1.807, 2.05) is 24.3 Å². The summed E-state index contributed by atoms with van der Waals surface area (Å²) in [6, 6.07) is 12.1. The highest BCUT2D eigenvalue weighted by Gasteiger charge is 2.11. The summed E-state index contributed by atoms with van der Waals surface area (Å²) in [5.74, 6) is 0. The van der Waals surface area contributed by atoms with Crippen LogP contribution in [0.25, 0.3) is 15.6 Å². The van der Waals surface area contributed by atoms with Crippen LogP contribution >= 0.6 is 0 Å². The van der Waals surface area contributed by atoms with Crippen molar-refractivity contribution in [2.45, 2.75) is 6.92 Å². The zero-order valence-corrected chi connectivity index (χ0v) is 11.7. The van der Waals surface area contributed by atoms with Crippen molar-refractivity contribution in [2.75, 3.05) is 32.2 Å². The predicted molar refractivity (Wildman–Crippen MR) is 81.8 cm³/mol. The highest BCUT2D eigenvalue weighted by molar-refractivity contribution is 6.02. The molecule has 0 atom stereocenters. The summed E-state index contributed by atoms with van der Waals surface area (Å²) in [5, 5.41) is 2.19. The number of nitrogens with zero attached hydrogens (tertiary/aromatic N) is 3. The van der Waals surface area contributed by atoms with E-state index in [0.717, 1.165) is 29.7 Å². The average molecular weight is 253 g/mol. The summed E-state index contributed by atoms with van der Waals surface area (Å²) in [7, 11) is 4.14. The van der Waals surface area contributed by atoms with Gasteiger partial charge in [0.05, 0.1) is 13.2 Å². The summed E-state index contributed by atoms with van der Waals surface area (Å²) in [6.45, 7) is 11.2. The Morgan fingerprint density at radius 1 is 1.05 bits per heavy atom. The van der Waals surface area contributed by atoms with Crippen molar-refractivity contribution in [2.24, 2.45) is 0 Å². The van der Waals surface area contributed by atoms with Crippen LogP contribution in [0.3, 0.4) is 0 Å². The Hall–Kier alpha value is -2.05. The summed E-state index contributed by atoms with van der Waals surface area (Å²) >= 11 is 0. The molecule has 0 N–H and O–H groups in total. The van der Waals surface area contributed by atoms with Gasteiger partial charge in [0.2, 0.25) is 0 Å². The van der Waals surface area contributed by atoms with Gasteiger partial charge in [-0.15, -0.1) is 0 Å². The molecule has 0 aromatic heterocycles. The van der Waals surface area contributed by atoms with E-state index in [1.54, 1.807) is 0 Å². The molecule has 0 aliphatic rings.